The van der Waals surface area contributed by atoms with Crippen molar-refractivity contribution >= 4 is 23.6 Å². The van der Waals surface area contributed by atoms with E-state index in [1.165, 1.54) is 0 Å². The van der Waals surface area contributed by atoms with Crippen molar-refractivity contribution in [2.75, 3.05) is 18.5 Å². The fourth-order valence-electron chi connectivity index (χ4n) is 3.14. The van der Waals surface area contributed by atoms with Gasteiger partial charge in [-0.05, 0) is 49.9 Å². The van der Waals surface area contributed by atoms with E-state index < -0.39 is 0 Å². The number of urea groups is 1. The van der Waals surface area contributed by atoms with Gasteiger partial charge in [0.2, 0.25) is 5.95 Å². The van der Waals surface area contributed by atoms with E-state index in [1.54, 1.807) is 11.1 Å². The summed E-state index contributed by atoms with van der Waals surface area (Å²) >= 11 is 5.92. The van der Waals surface area contributed by atoms with Gasteiger partial charge in [-0.25, -0.2) is 14.8 Å². The fraction of sp³-hybridized carbons (Fsp3) is 0.450. The Morgan fingerprint density at radius 3 is 2.75 bits per heavy atom. The molecule has 2 amide bonds. The van der Waals surface area contributed by atoms with Crippen LogP contribution in [0.1, 0.15) is 30.7 Å². The summed E-state index contributed by atoms with van der Waals surface area (Å²) in [5.41, 5.74) is 3.03. The van der Waals surface area contributed by atoms with Crippen LogP contribution in [-0.2, 0) is 19.4 Å². The molecule has 2 atom stereocenters. The molecule has 28 heavy (non-hydrogen) atoms. The molecule has 2 heterocycles. The molecule has 0 spiro atoms. The van der Waals surface area contributed by atoms with Crippen LogP contribution in [-0.4, -0.2) is 51.2 Å². The van der Waals surface area contributed by atoms with Gasteiger partial charge in [-0.15, -0.1) is 0 Å². The first-order valence-corrected chi connectivity index (χ1v) is 9.84. The Morgan fingerprint density at radius 2 is 2.04 bits per heavy atom. The summed E-state index contributed by atoms with van der Waals surface area (Å²) < 4.78 is 0. The summed E-state index contributed by atoms with van der Waals surface area (Å²) in [6.07, 6.45) is 3.26. The van der Waals surface area contributed by atoms with E-state index in [2.05, 4.69) is 20.6 Å². The third-order valence-electron chi connectivity index (χ3n) is 4.71. The second kappa shape index (κ2) is 9.21. The lowest BCUT2D eigenvalue weighted by Crippen LogP contribution is -2.46. The van der Waals surface area contributed by atoms with Crippen molar-refractivity contribution in [2.24, 2.45) is 0 Å². The van der Waals surface area contributed by atoms with E-state index in [0.717, 1.165) is 29.7 Å². The van der Waals surface area contributed by atoms with E-state index >= 15 is 0 Å². The molecule has 1 aliphatic heterocycles. The first kappa shape index (κ1) is 20.4. The van der Waals surface area contributed by atoms with Crippen molar-refractivity contribution < 1.29 is 9.90 Å². The van der Waals surface area contributed by atoms with Crippen molar-refractivity contribution in [2.45, 2.75) is 45.3 Å². The molecule has 8 heteroatoms. The van der Waals surface area contributed by atoms with E-state index in [9.17, 15) is 4.79 Å². The molecule has 1 aliphatic rings. The number of nitrogens with one attached hydrogen (secondary N) is 2. The van der Waals surface area contributed by atoms with Crippen molar-refractivity contribution in [3.63, 3.8) is 0 Å². The van der Waals surface area contributed by atoms with Gasteiger partial charge < -0.3 is 20.6 Å². The van der Waals surface area contributed by atoms with E-state index in [-0.39, 0.29) is 24.7 Å². The Balaban J connectivity index is 1.58. The Morgan fingerprint density at radius 1 is 1.29 bits per heavy atom. The zero-order valence-corrected chi connectivity index (χ0v) is 16.9. The molecule has 0 bridgehead atoms. The van der Waals surface area contributed by atoms with Crippen molar-refractivity contribution in [1.82, 2.24) is 20.2 Å². The Kier molecular flexibility index (Phi) is 6.70. The number of nitrogens with zero attached hydrogens (tertiary/aromatic N) is 3. The van der Waals surface area contributed by atoms with Crippen LogP contribution in [0.15, 0.2) is 30.5 Å². The van der Waals surface area contributed by atoms with E-state index in [4.69, 9.17) is 16.7 Å². The summed E-state index contributed by atoms with van der Waals surface area (Å²) in [6, 6.07) is 7.44. The molecule has 1 aromatic heterocycles. The zero-order chi connectivity index (χ0) is 20.1. The molecule has 2 aromatic rings. The van der Waals surface area contributed by atoms with Crippen LogP contribution in [0.25, 0.3) is 0 Å². The van der Waals surface area contributed by atoms with Crippen molar-refractivity contribution in [3.8, 4) is 0 Å². The molecule has 0 fully saturated rings. The van der Waals surface area contributed by atoms with Gasteiger partial charge in [0, 0.05) is 29.8 Å². The summed E-state index contributed by atoms with van der Waals surface area (Å²) in [5, 5.41) is 16.0. The van der Waals surface area contributed by atoms with Crippen LogP contribution in [0.3, 0.4) is 0 Å². The minimum atomic E-state index is -0.130. The lowest BCUT2D eigenvalue weighted by Gasteiger charge is -2.29. The molecule has 0 radical (unpaired) electrons. The highest BCUT2D eigenvalue weighted by Gasteiger charge is 2.23. The SMILES string of the molecule is CC(Cc1ccc(Cl)cc1)NC(=O)N1CCc2cnc(NC(C)CO)nc2C1. The molecule has 3 rings (SSSR count). The number of fused-ring (bicyclic) bond motifs is 1. The Bertz CT molecular complexity index is 815. The lowest BCUT2D eigenvalue weighted by atomic mass is 10.1. The van der Waals surface area contributed by atoms with Crippen LogP contribution in [0, 0.1) is 0 Å². The number of anilines is 1. The van der Waals surface area contributed by atoms with Gasteiger partial charge in [-0.1, -0.05) is 23.7 Å². The van der Waals surface area contributed by atoms with Crippen LogP contribution in [0.2, 0.25) is 5.02 Å². The molecule has 3 N–H and O–H groups in total. The smallest absolute Gasteiger partial charge is 0.317 e. The van der Waals surface area contributed by atoms with Gasteiger partial charge >= 0.3 is 6.03 Å². The topological polar surface area (TPSA) is 90.4 Å². The predicted octanol–water partition coefficient (Wildman–Crippen LogP) is 2.62. The maximum Gasteiger partial charge on any atom is 0.317 e. The predicted molar refractivity (Wildman–Crippen MR) is 109 cm³/mol. The number of benzene rings is 1. The highest BCUT2D eigenvalue weighted by Crippen LogP contribution is 2.18. The zero-order valence-electron chi connectivity index (χ0n) is 16.2. The number of amides is 2. The van der Waals surface area contributed by atoms with E-state index in [0.29, 0.717) is 24.1 Å². The average Bonchev–Trinajstić information content (AvgIpc) is 2.69. The number of halogens is 1. The van der Waals surface area contributed by atoms with Gasteiger partial charge in [0.05, 0.1) is 18.8 Å². The van der Waals surface area contributed by atoms with Crippen LogP contribution in [0.5, 0.6) is 0 Å². The summed E-state index contributed by atoms with van der Waals surface area (Å²) in [6.45, 7) is 4.92. The first-order chi connectivity index (χ1) is 13.4. The number of rotatable bonds is 6. The minimum absolute atomic E-state index is 0.000480. The Hall–Kier alpha value is -2.38. The minimum Gasteiger partial charge on any atom is -0.394 e. The van der Waals surface area contributed by atoms with Gasteiger partial charge in [0.1, 0.15) is 0 Å². The Labute approximate surface area is 170 Å². The molecule has 150 valence electrons. The molecular formula is C20H26ClN5O2. The van der Waals surface area contributed by atoms with Crippen molar-refractivity contribution in [3.05, 3.63) is 52.3 Å². The number of aliphatic hydroxyl groups is 1. The standard InChI is InChI=1S/C20H26ClN5O2/c1-13(9-15-3-5-17(21)6-4-15)24-20(28)26-8-7-16-10-22-19(23-14(2)12-27)25-18(16)11-26/h3-6,10,13-14,27H,7-9,11-12H2,1-2H3,(H,24,28)(H,22,23,25). The second-order valence-electron chi connectivity index (χ2n) is 7.25. The largest absolute Gasteiger partial charge is 0.394 e. The molecular weight excluding hydrogens is 378 g/mol. The second-order valence-corrected chi connectivity index (χ2v) is 7.68. The molecule has 7 nitrogen and oxygen atoms in total. The summed E-state index contributed by atoms with van der Waals surface area (Å²) in [4.78, 5) is 23.3. The highest BCUT2D eigenvalue weighted by molar-refractivity contribution is 6.30. The van der Waals surface area contributed by atoms with E-state index in [1.807, 2.05) is 38.1 Å². The van der Waals surface area contributed by atoms with Gasteiger partial charge in [0.25, 0.3) is 0 Å². The number of hydrogen-bond donors (Lipinski definition) is 3. The molecule has 0 saturated carbocycles. The first-order valence-electron chi connectivity index (χ1n) is 9.46. The van der Waals surface area contributed by atoms with Gasteiger partial charge in [-0.3, -0.25) is 0 Å². The molecule has 1 aromatic carbocycles. The van der Waals surface area contributed by atoms with Crippen LogP contribution >= 0.6 is 11.6 Å². The lowest BCUT2D eigenvalue weighted by molar-refractivity contribution is 0.188. The molecule has 0 saturated heterocycles. The maximum absolute atomic E-state index is 12.7. The van der Waals surface area contributed by atoms with Gasteiger partial charge in [0.15, 0.2) is 0 Å². The fourth-order valence-corrected chi connectivity index (χ4v) is 3.27. The highest BCUT2D eigenvalue weighted by atomic mass is 35.5. The quantitative estimate of drug-likeness (QED) is 0.689. The molecule has 0 aliphatic carbocycles. The summed E-state index contributed by atoms with van der Waals surface area (Å²) in [5.74, 6) is 0.471. The summed E-state index contributed by atoms with van der Waals surface area (Å²) in [7, 11) is 0. The third kappa shape index (κ3) is 5.33. The maximum atomic E-state index is 12.7. The van der Waals surface area contributed by atoms with Crippen molar-refractivity contribution in [1.29, 1.82) is 0 Å². The van der Waals surface area contributed by atoms with Crippen LogP contribution in [0.4, 0.5) is 10.7 Å². The number of aliphatic hydroxyl groups excluding tert-OH is 1. The third-order valence-corrected chi connectivity index (χ3v) is 4.96. The van der Waals surface area contributed by atoms with Gasteiger partial charge in [-0.2, -0.15) is 0 Å². The number of carbonyl (C=O) groups is 1. The number of hydrogen-bond acceptors (Lipinski definition) is 5. The number of aromatic nitrogens is 2. The van der Waals surface area contributed by atoms with Crippen LogP contribution < -0.4 is 10.6 Å². The monoisotopic (exact) mass is 403 g/mol. The normalized spacial score (nSPS) is 15.5. The number of carbonyl (C=O) groups excluding carboxylic acids is 1. The average molecular weight is 404 g/mol. The molecule has 2 unspecified atom stereocenters.